The van der Waals surface area contributed by atoms with Crippen LogP contribution in [0, 0.1) is 10.1 Å². The number of hydrogen-bond acceptors (Lipinski definition) is 12. The number of methoxy groups -OCH3 is 1. The molecule has 4 N–H and O–H groups in total. The second kappa shape index (κ2) is 18.1. The molecule has 0 saturated heterocycles. The summed E-state index contributed by atoms with van der Waals surface area (Å²) in [6.07, 6.45) is -0.0197. The third-order valence-corrected chi connectivity index (χ3v) is 6.95. The number of aliphatic hydroxyl groups is 1. The predicted octanol–water partition coefficient (Wildman–Crippen LogP) is 3.08. The molecule has 0 aromatic heterocycles. The van der Waals surface area contributed by atoms with Crippen molar-refractivity contribution in [1.29, 1.82) is 0 Å². The molecule has 0 fully saturated rings. The number of alkyl carbamates (subject to hydrolysis) is 1. The van der Waals surface area contributed by atoms with Crippen molar-refractivity contribution in [1.82, 2.24) is 16.0 Å². The molecule has 0 aliphatic carbocycles. The number of aliphatic hydroxyl groups excluding tert-OH is 1. The van der Waals surface area contributed by atoms with Gasteiger partial charge in [-0.2, -0.15) is 0 Å². The van der Waals surface area contributed by atoms with E-state index in [0.717, 1.165) is 0 Å². The van der Waals surface area contributed by atoms with E-state index >= 15 is 0 Å². The topological polar surface area (TPSA) is 188 Å². The van der Waals surface area contributed by atoms with Gasteiger partial charge in [-0.1, -0.05) is 30.3 Å². The van der Waals surface area contributed by atoms with Crippen molar-refractivity contribution in [2.75, 3.05) is 46.6 Å². The van der Waals surface area contributed by atoms with E-state index in [1.54, 1.807) is 19.9 Å². The van der Waals surface area contributed by atoms with Gasteiger partial charge in [-0.25, -0.2) is 14.4 Å². The minimum atomic E-state index is -0.987. The molecule has 248 valence electrons. The SMILES string of the molecule is COC(=O)C1=C(C)NC(C)=C(C(=O)OCCNC(=O)OCCCCNCC(O)COc2ccccc2)C1c1cccc([N+](=O)[O-])c1. The Hall–Kier alpha value is -4.95. The number of unbranched alkanes of at least 4 members (excludes halogenated alkanes) is 1. The Morgan fingerprint density at radius 3 is 2.37 bits per heavy atom. The third-order valence-electron chi connectivity index (χ3n) is 6.95. The summed E-state index contributed by atoms with van der Waals surface area (Å²) >= 11 is 0. The number of allylic oxidation sites excluding steroid dienone is 2. The Bertz CT molecular complexity index is 1430. The van der Waals surface area contributed by atoms with E-state index < -0.39 is 35.0 Å². The molecule has 2 atom stereocenters. The van der Waals surface area contributed by atoms with E-state index in [1.165, 1.54) is 25.3 Å². The maximum atomic E-state index is 13.3. The zero-order valence-electron chi connectivity index (χ0n) is 26.1. The first-order valence-electron chi connectivity index (χ1n) is 14.8. The predicted molar refractivity (Wildman–Crippen MR) is 167 cm³/mol. The second-order valence-electron chi connectivity index (χ2n) is 10.4. The molecule has 0 saturated carbocycles. The Kier molecular flexibility index (Phi) is 14.0. The fourth-order valence-corrected chi connectivity index (χ4v) is 4.78. The number of nitro benzene ring substituents is 1. The van der Waals surface area contributed by atoms with Gasteiger partial charge < -0.3 is 40.0 Å². The van der Waals surface area contributed by atoms with Crippen LogP contribution in [0.4, 0.5) is 10.5 Å². The van der Waals surface area contributed by atoms with Gasteiger partial charge in [0.1, 0.15) is 25.1 Å². The fraction of sp³-hybridized carbons (Fsp3) is 0.406. The van der Waals surface area contributed by atoms with Crippen LogP contribution in [0.15, 0.2) is 77.1 Å². The number of rotatable bonds is 17. The maximum absolute atomic E-state index is 13.3. The fourth-order valence-electron chi connectivity index (χ4n) is 4.78. The maximum Gasteiger partial charge on any atom is 0.407 e. The van der Waals surface area contributed by atoms with E-state index in [1.807, 2.05) is 30.3 Å². The number of dihydropyridines is 1. The summed E-state index contributed by atoms with van der Waals surface area (Å²) in [5.41, 5.74) is 1.18. The molecule has 0 radical (unpaired) electrons. The molecule has 3 rings (SSSR count). The van der Waals surface area contributed by atoms with E-state index in [4.69, 9.17) is 18.9 Å². The highest BCUT2D eigenvalue weighted by atomic mass is 16.6. The highest BCUT2D eigenvalue weighted by molar-refractivity contribution is 5.99. The average Bonchev–Trinajstić information content (AvgIpc) is 3.05. The van der Waals surface area contributed by atoms with Gasteiger partial charge in [-0.05, 0) is 50.9 Å². The van der Waals surface area contributed by atoms with Gasteiger partial charge in [-0.15, -0.1) is 0 Å². The van der Waals surface area contributed by atoms with Crippen molar-refractivity contribution in [3.05, 3.63) is 92.8 Å². The number of esters is 2. The second-order valence-corrected chi connectivity index (χ2v) is 10.4. The minimum Gasteiger partial charge on any atom is -0.491 e. The quantitative estimate of drug-likeness (QED) is 0.0652. The van der Waals surface area contributed by atoms with Gasteiger partial charge in [0.05, 0.1) is 42.2 Å². The summed E-state index contributed by atoms with van der Waals surface area (Å²) in [5, 5.41) is 30.1. The smallest absolute Gasteiger partial charge is 0.407 e. The van der Waals surface area contributed by atoms with Crippen molar-refractivity contribution in [2.45, 2.75) is 38.7 Å². The summed E-state index contributed by atoms with van der Waals surface area (Å²) in [6.45, 7) is 4.39. The molecule has 1 amide bonds. The highest BCUT2D eigenvalue weighted by Gasteiger charge is 2.38. The lowest BCUT2D eigenvalue weighted by Crippen LogP contribution is -2.34. The molecule has 14 heteroatoms. The first-order valence-corrected chi connectivity index (χ1v) is 14.8. The number of nitrogens with zero attached hydrogens (tertiary/aromatic N) is 1. The van der Waals surface area contributed by atoms with Crippen LogP contribution < -0.4 is 20.7 Å². The lowest BCUT2D eigenvalue weighted by Gasteiger charge is -2.30. The monoisotopic (exact) mass is 640 g/mol. The van der Waals surface area contributed by atoms with E-state index in [2.05, 4.69) is 16.0 Å². The molecule has 14 nitrogen and oxygen atoms in total. The summed E-state index contributed by atoms with van der Waals surface area (Å²) in [4.78, 5) is 48.9. The zero-order chi connectivity index (χ0) is 33.5. The largest absolute Gasteiger partial charge is 0.491 e. The molecular formula is C32H40N4O10. The first-order chi connectivity index (χ1) is 22.1. The Morgan fingerprint density at radius 2 is 1.67 bits per heavy atom. The van der Waals surface area contributed by atoms with Crippen LogP contribution in [-0.4, -0.2) is 80.7 Å². The summed E-state index contributed by atoms with van der Waals surface area (Å²) in [5.74, 6) is -1.77. The molecule has 1 aliphatic rings. The number of nitrogens with one attached hydrogen (secondary N) is 3. The summed E-state index contributed by atoms with van der Waals surface area (Å²) in [7, 11) is 1.20. The number of para-hydroxylation sites is 1. The Labute approximate surface area is 266 Å². The zero-order valence-corrected chi connectivity index (χ0v) is 26.1. The molecule has 2 aromatic rings. The van der Waals surface area contributed by atoms with Crippen LogP contribution in [0.5, 0.6) is 5.75 Å². The first kappa shape index (κ1) is 35.5. The van der Waals surface area contributed by atoms with Crippen molar-refractivity contribution in [3.8, 4) is 5.75 Å². The normalized spacial score (nSPS) is 15.0. The molecule has 0 spiro atoms. The van der Waals surface area contributed by atoms with Crippen LogP contribution in [0.2, 0.25) is 0 Å². The molecular weight excluding hydrogens is 600 g/mol. The number of non-ortho nitro benzene ring substituents is 1. The van der Waals surface area contributed by atoms with Gasteiger partial charge in [-0.3, -0.25) is 10.1 Å². The van der Waals surface area contributed by atoms with Crippen molar-refractivity contribution >= 4 is 23.7 Å². The molecule has 1 heterocycles. The van der Waals surface area contributed by atoms with Gasteiger partial charge in [0, 0.05) is 30.1 Å². The van der Waals surface area contributed by atoms with Crippen LogP contribution in [-0.2, 0) is 23.8 Å². The number of benzene rings is 2. The third kappa shape index (κ3) is 10.6. The minimum absolute atomic E-state index is 0.0327. The molecule has 1 aliphatic heterocycles. The van der Waals surface area contributed by atoms with Gasteiger partial charge in [0.25, 0.3) is 5.69 Å². The van der Waals surface area contributed by atoms with Gasteiger partial charge >= 0.3 is 18.0 Å². The Balaban J connectivity index is 1.40. The van der Waals surface area contributed by atoms with E-state index in [0.29, 0.717) is 48.6 Å². The van der Waals surface area contributed by atoms with E-state index in [9.17, 15) is 29.6 Å². The van der Waals surface area contributed by atoms with Gasteiger partial charge in [0.15, 0.2) is 0 Å². The summed E-state index contributed by atoms with van der Waals surface area (Å²) < 4.78 is 21.0. The van der Waals surface area contributed by atoms with Crippen LogP contribution in [0.1, 0.15) is 38.2 Å². The molecule has 46 heavy (non-hydrogen) atoms. The number of hydrogen-bond donors (Lipinski definition) is 4. The molecule has 2 unspecified atom stereocenters. The summed E-state index contributed by atoms with van der Waals surface area (Å²) in [6, 6.07) is 14.9. The van der Waals surface area contributed by atoms with Gasteiger partial charge in [0.2, 0.25) is 0 Å². The number of ether oxygens (including phenoxy) is 4. The number of carbonyl (C=O) groups excluding carboxylic acids is 3. The van der Waals surface area contributed by atoms with E-state index in [-0.39, 0.29) is 43.2 Å². The number of amides is 1. The number of carbonyl (C=O) groups is 3. The average molecular weight is 641 g/mol. The molecule has 2 aromatic carbocycles. The van der Waals surface area contributed by atoms with Crippen LogP contribution in [0.3, 0.4) is 0 Å². The van der Waals surface area contributed by atoms with Crippen molar-refractivity contribution < 1.29 is 43.4 Å². The Morgan fingerprint density at radius 1 is 0.957 bits per heavy atom. The highest BCUT2D eigenvalue weighted by Crippen LogP contribution is 2.40. The van der Waals surface area contributed by atoms with Crippen molar-refractivity contribution in [3.63, 3.8) is 0 Å². The standard InChI is InChI=1S/C32H40N4O10/c1-21-27(30(38)43-3)29(23-10-9-11-24(18-23)36(41)42)28(22(2)35-21)31(39)44-17-15-34-32(40)45-16-8-7-14-33-19-25(37)20-46-26-12-5-4-6-13-26/h4-6,9-13,18,25,29,33,35,37H,7-8,14-17,19-20H2,1-3H3,(H,34,40). The van der Waals surface area contributed by atoms with Crippen molar-refractivity contribution in [2.24, 2.45) is 0 Å². The lowest BCUT2D eigenvalue weighted by atomic mass is 9.80. The lowest BCUT2D eigenvalue weighted by molar-refractivity contribution is -0.384. The number of nitro groups is 1. The van der Waals surface area contributed by atoms with Crippen LogP contribution in [0.25, 0.3) is 0 Å². The molecule has 0 bridgehead atoms. The van der Waals surface area contributed by atoms with Crippen LogP contribution >= 0.6 is 0 Å².